The van der Waals surface area contributed by atoms with Crippen molar-refractivity contribution in [3.05, 3.63) is 47.9 Å². The van der Waals surface area contributed by atoms with E-state index in [0.29, 0.717) is 0 Å². The molecule has 0 aliphatic rings. The van der Waals surface area contributed by atoms with Gasteiger partial charge in [0.15, 0.2) is 0 Å². The van der Waals surface area contributed by atoms with E-state index >= 15 is 0 Å². The van der Waals surface area contributed by atoms with Gasteiger partial charge in [-0.25, -0.2) is 0 Å². The van der Waals surface area contributed by atoms with Crippen LogP contribution < -0.4 is 0 Å². The molecule has 4 heteroatoms. The molecule has 3 aromatic rings. The van der Waals surface area contributed by atoms with Crippen molar-refractivity contribution in [1.29, 1.82) is 0 Å². The van der Waals surface area contributed by atoms with Gasteiger partial charge in [-0.15, -0.1) is 0 Å². The molecule has 0 saturated carbocycles. The molecule has 0 aliphatic heterocycles. The van der Waals surface area contributed by atoms with Gasteiger partial charge in [0.2, 0.25) is 0 Å². The highest BCUT2D eigenvalue weighted by atomic mass is 32.1. The van der Waals surface area contributed by atoms with Gasteiger partial charge in [0.1, 0.15) is 0 Å². The van der Waals surface area contributed by atoms with Gasteiger partial charge in [-0.2, -0.15) is 8.75 Å². The van der Waals surface area contributed by atoms with E-state index in [1.54, 1.807) is 6.20 Å². The van der Waals surface area contributed by atoms with E-state index in [-0.39, 0.29) is 0 Å². The summed E-state index contributed by atoms with van der Waals surface area (Å²) in [5.74, 6) is 0. The molecule has 0 bridgehead atoms. The molecule has 78 valence electrons. The molecule has 0 saturated heterocycles. The Hall–Kier alpha value is -1.94. The lowest BCUT2D eigenvalue weighted by atomic mass is 10.1. The number of fused-ring (bicyclic) bond motifs is 1. The highest BCUT2D eigenvalue weighted by Crippen LogP contribution is 2.19. The Morgan fingerprint density at radius 2 is 2.12 bits per heavy atom. The number of para-hydroxylation sites is 1. The number of aromatic nitrogens is 3. The van der Waals surface area contributed by atoms with Gasteiger partial charge >= 0.3 is 0 Å². The molecule has 1 aromatic carbocycles. The number of H-pyrrole nitrogens is 1. The Morgan fingerprint density at radius 3 is 3.00 bits per heavy atom. The number of hydrogen-bond acceptors (Lipinski definition) is 3. The Kier molecular flexibility index (Phi) is 2.27. The molecular weight excluding hydrogens is 218 g/mol. The second-order valence-corrected chi connectivity index (χ2v) is 4.01. The van der Waals surface area contributed by atoms with Crippen molar-refractivity contribution in [3.63, 3.8) is 0 Å². The Bertz CT molecular complexity index is 623. The molecule has 3 nitrogen and oxygen atoms in total. The van der Waals surface area contributed by atoms with Crippen LogP contribution in [0.5, 0.6) is 0 Å². The minimum absolute atomic E-state index is 0.898. The molecule has 3 rings (SSSR count). The van der Waals surface area contributed by atoms with Crippen LogP contribution in [0.4, 0.5) is 0 Å². The highest BCUT2D eigenvalue weighted by Gasteiger charge is 1.98. The van der Waals surface area contributed by atoms with Crippen molar-refractivity contribution < 1.29 is 0 Å². The summed E-state index contributed by atoms with van der Waals surface area (Å²) in [5, 5.41) is 1.22. The SMILES string of the molecule is C(=C\c1c[nH]c2ccccc12)/c1cnsn1. The van der Waals surface area contributed by atoms with Gasteiger partial charge in [0.25, 0.3) is 0 Å². The Balaban J connectivity index is 2.01. The molecule has 0 aliphatic carbocycles. The number of nitrogens with one attached hydrogen (secondary N) is 1. The summed E-state index contributed by atoms with van der Waals surface area (Å²) in [7, 11) is 0. The third-order valence-corrected chi connectivity index (χ3v) is 2.93. The lowest BCUT2D eigenvalue weighted by Crippen LogP contribution is -1.69. The van der Waals surface area contributed by atoms with Gasteiger partial charge < -0.3 is 4.98 Å². The lowest BCUT2D eigenvalue weighted by Gasteiger charge is -1.89. The van der Waals surface area contributed by atoms with Crippen LogP contribution in [0, 0.1) is 0 Å². The summed E-state index contributed by atoms with van der Waals surface area (Å²) in [6.45, 7) is 0. The molecule has 1 N–H and O–H groups in total. The first-order valence-electron chi connectivity index (χ1n) is 4.95. The number of hydrogen-bond donors (Lipinski definition) is 1. The van der Waals surface area contributed by atoms with Crippen LogP contribution >= 0.6 is 11.7 Å². The van der Waals surface area contributed by atoms with Crippen molar-refractivity contribution in [1.82, 2.24) is 13.7 Å². The van der Waals surface area contributed by atoms with Crippen LogP contribution in [-0.2, 0) is 0 Å². The third-order valence-electron chi connectivity index (χ3n) is 2.43. The van der Waals surface area contributed by atoms with Crippen LogP contribution in [0.1, 0.15) is 11.3 Å². The number of rotatable bonds is 2. The monoisotopic (exact) mass is 227 g/mol. The summed E-state index contributed by atoms with van der Waals surface area (Å²) in [4.78, 5) is 3.23. The fraction of sp³-hybridized carbons (Fsp3) is 0. The first kappa shape index (κ1) is 9.30. The quantitative estimate of drug-likeness (QED) is 0.730. The second-order valence-electron chi connectivity index (χ2n) is 3.46. The first-order chi connectivity index (χ1) is 7.93. The molecular formula is C12H9N3S. The lowest BCUT2D eigenvalue weighted by molar-refractivity contribution is 1.47. The molecule has 2 heterocycles. The summed E-state index contributed by atoms with van der Waals surface area (Å²) in [6, 6.07) is 8.23. The van der Waals surface area contributed by atoms with Crippen molar-refractivity contribution in [2.45, 2.75) is 0 Å². The van der Waals surface area contributed by atoms with E-state index in [1.807, 2.05) is 24.4 Å². The minimum atomic E-state index is 0.898. The van der Waals surface area contributed by atoms with Gasteiger partial charge in [-0.05, 0) is 17.7 Å². The third kappa shape index (κ3) is 1.63. The largest absolute Gasteiger partial charge is 0.361 e. The Morgan fingerprint density at radius 1 is 1.19 bits per heavy atom. The summed E-state index contributed by atoms with van der Waals surface area (Å²) in [6.07, 6.45) is 7.78. The van der Waals surface area contributed by atoms with Crippen molar-refractivity contribution >= 4 is 34.8 Å². The zero-order chi connectivity index (χ0) is 10.8. The summed E-state index contributed by atoms with van der Waals surface area (Å²) in [5.41, 5.74) is 3.22. The summed E-state index contributed by atoms with van der Waals surface area (Å²) < 4.78 is 8.09. The molecule has 0 fully saturated rings. The van der Waals surface area contributed by atoms with Crippen LogP contribution in [0.3, 0.4) is 0 Å². The molecule has 0 atom stereocenters. The zero-order valence-corrected chi connectivity index (χ0v) is 9.24. The molecule has 0 amide bonds. The zero-order valence-electron chi connectivity index (χ0n) is 8.42. The van der Waals surface area contributed by atoms with E-state index in [2.05, 4.69) is 31.9 Å². The number of aromatic amines is 1. The predicted octanol–water partition coefficient (Wildman–Crippen LogP) is 3.19. The van der Waals surface area contributed by atoms with Gasteiger partial charge in [-0.3, -0.25) is 0 Å². The van der Waals surface area contributed by atoms with E-state index in [1.165, 1.54) is 22.7 Å². The van der Waals surface area contributed by atoms with Crippen molar-refractivity contribution in [3.8, 4) is 0 Å². The van der Waals surface area contributed by atoms with Crippen LogP contribution in [0.15, 0.2) is 36.7 Å². The van der Waals surface area contributed by atoms with Crippen LogP contribution in [0.2, 0.25) is 0 Å². The first-order valence-corrected chi connectivity index (χ1v) is 5.68. The average Bonchev–Trinajstić information content (AvgIpc) is 2.96. The fourth-order valence-electron chi connectivity index (χ4n) is 1.65. The van der Waals surface area contributed by atoms with Gasteiger partial charge in [0.05, 0.1) is 23.6 Å². The summed E-state index contributed by atoms with van der Waals surface area (Å²) >= 11 is 1.22. The minimum Gasteiger partial charge on any atom is -0.361 e. The van der Waals surface area contributed by atoms with Crippen LogP contribution in [0.25, 0.3) is 23.1 Å². The van der Waals surface area contributed by atoms with Gasteiger partial charge in [-0.1, -0.05) is 24.3 Å². The Labute approximate surface area is 96.8 Å². The normalized spacial score (nSPS) is 11.5. The standard InChI is InChI=1S/C12H9N3S/c1-2-4-12-11(3-1)9(7-13-12)5-6-10-8-14-16-15-10/h1-8,13H/b6-5+. The maximum absolute atomic E-state index is 4.13. The molecule has 0 unspecified atom stereocenters. The topological polar surface area (TPSA) is 41.6 Å². The maximum Gasteiger partial charge on any atom is 0.0969 e. The fourth-order valence-corrected chi connectivity index (χ4v) is 2.06. The number of nitrogens with zero attached hydrogens (tertiary/aromatic N) is 2. The maximum atomic E-state index is 4.13. The average molecular weight is 227 g/mol. The van der Waals surface area contributed by atoms with Crippen molar-refractivity contribution in [2.75, 3.05) is 0 Å². The van der Waals surface area contributed by atoms with E-state index in [9.17, 15) is 0 Å². The molecule has 0 radical (unpaired) electrons. The number of benzene rings is 1. The van der Waals surface area contributed by atoms with Gasteiger partial charge in [0, 0.05) is 17.1 Å². The van der Waals surface area contributed by atoms with E-state index in [0.717, 1.165) is 11.2 Å². The van der Waals surface area contributed by atoms with E-state index < -0.39 is 0 Å². The second kappa shape index (κ2) is 3.90. The smallest absolute Gasteiger partial charge is 0.0969 e. The molecule has 0 spiro atoms. The van der Waals surface area contributed by atoms with Crippen LogP contribution in [-0.4, -0.2) is 13.7 Å². The highest BCUT2D eigenvalue weighted by molar-refractivity contribution is 6.99. The van der Waals surface area contributed by atoms with Crippen molar-refractivity contribution in [2.24, 2.45) is 0 Å². The predicted molar refractivity (Wildman–Crippen MR) is 67.1 cm³/mol. The molecule has 16 heavy (non-hydrogen) atoms. The molecule has 2 aromatic heterocycles. The van der Waals surface area contributed by atoms with E-state index in [4.69, 9.17) is 0 Å².